The normalized spacial score (nSPS) is 9.79. The molecule has 0 bridgehead atoms. The zero-order valence-electron chi connectivity index (χ0n) is 10.1. The van der Waals surface area contributed by atoms with Gasteiger partial charge in [0.2, 0.25) is 0 Å². The van der Waals surface area contributed by atoms with E-state index in [0.29, 0.717) is 27.0 Å². The molecule has 0 saturated heterocycles. The second kappa shape index (κ2) is 5.83. The number of hydrogen-bond acceptors (Lipinski definition) is 3. The molecule has 0 fully saturated rings. The molecule has 2 aromatic rings. The number of anilines is 2. The second-order valence-electron chi connectivity index (χ2n) is 3.78. The number of rotatable bonds is 3. The quantitative estimate of drug-likeness (QED) is 0.898. The van der Waals surface area contributed by atoms with E-state index in [1.54, 1.807) is 37.4 Å². The van der Waals surface area contributed by atoms with Crippen molar-refractivity contribution in [1.82, 2.24) is 0 Å². The van der Waals surface area contributed by atoms with E-state index in [2.05, 4.69) is 11.4 Å². The average molecular weight is 293 g/mol. The summed E-state index contributed by atoms with van der Waals surface area (Å²) in [7, 11) is 1.55. The van der Waals surface area contributed by atoms with Crippen molar-refractivity contribution in [2.75, 3.05) is 12.4 Å². The van der Waals surface area contributed by atoms with E-state index in [0.717, 1.165) is 5.69 Å². The first-order valence-corrected chi connectivity index (χ1v) is 6.20. The molecule has 0 aliphatic rings. The highest BCUT2D eigenvalue weighted by molar-refractivity contribution is 6.32. The van der Waals surface area contributed by atoms with Crippen LogP contribution in [0, 0.1) is 11.3 Å². The predicted molar refractivity (Wildman–Crippen MR) is 77.5 cm³/mol. The molecule has 3 nitrogen and oxygen atoms in total. The molecule has 0 amide bonds. The fourth-order valence-electron chi connectivity index (χ4n) is 1.62. The first-order chi connectivity index (χ1) is 9.13. The van der Waals surface area contributed by atoms with E-state index >= 15 is 0 Å². The molecule has 2 aromatic carbocycles. The maximum absolute atomic E-state index is 9.04. The monoisotopic (exact) mass is 292 g/mol. The van der Waals surface area contributed by atoms with Crippen LogP contribution in [-0.4, -0.2) is 7.11 Å². The van der Waals surface area contributed by atoms with Crippen LogP contribution in [0.2, 0.25) is 10.0 Å². The number of methoxy groups -OCH3 is 1. The Morgan fingerprint density at radius 2 is 1.95 bits per heavy atom. The van der Waals surface area contributed by atoms with Crippen molar-refractivity contribution in [3.8, 4) is 11.8 Å². The van der Waals surface area contributed by atoms with Gasteiger partial charge in [-0.05, 0) is 36.4 Å². The van der Waals surface area contributed by atoms with E-state index < -0.39 is 0 Å². The van der Waals surface area contributed by atoms with Crippen LogP contribution >= 0.6 is 23.2 Å². The van der Waals surface area contributed by atoms with Crippen molar-refractivity contribution in [2.24, 2.45) is 0 Å². The second-order valence-corrected chi connectivity index (χ2v) is 4.62. The van der Waals surface area contributed by atoms with Gasteiger partial charge in [-0.25, -0.2) is 0 Å². The number of nitrogens with zero attached hydrogens (tertiary/aromatic N) is 1. The van der Waals surface area contributed by atoms with Crippen LogP contribution in [0.4, 0.5) is 11.4 Å². The van der Waals surface area contributed by atoms with Crippen LogP contribution in [-0.2, 0) is 0 Å². The Morgan fingerprint density at radius 3 is 2.58 bits per heavy atom. The summed E-state index contributed by atoms with van der Waals surface area (Å²) < 4.78 is 5.08. The lowest BCUT2D eigenvalue weighted by atomic mass is 10.2. The molecular weight excluding hydrogens is 283 g/mol. The van der Waals surface area contributed by atoms with Gasteiger partial charge in [0.15, 0.2) is 0 Å². The molecule has 1 N–H and O–H groups in total. The molecule has 0 spiro atoms. The molecule has 19 heavy (non-hydrogen) atoms. The highest BCUT2D eigenvalue weighted by Crippen LogP contribution is 2.30. The van der Waals surface area contributed by atoms with Crippen molar-refractivity contribution in [1.29, 1.82) is 5.26 Å². The number of nitriles is 1. The first-order valence-electron chi connectivity index (χ1n) is 5.44. The number of hydrogen-bond donors (Lipinski definition) is 1. The third kappa shape index (κ3) is 3.11. The molecule has 0 aliphatic carbocycles. The smallest absolute Gasteiger partial charge is 0.137 e. The zero-order valence-corrected chi connectivity index (χ0v) is 11.6. The van der Waals surface area contributed by atoms with Crippen molar-refractivity contribution in [3.05, 3.63) is 52.0 Å². The van der Waals surface area contributed by atoms with Gasteiger partial charge in [-0.1, -0.05) is 23.2 Å². The zero-order chi connectivity index (χ0) is 13.8. The van der Waals surface area contributed by atoms with Crippen LogP contribution in [0.1, 0.15) is 5.56 Å². The SMILES string of the molecule is COc1ccc(Nc2cc(Cl)ccc2C#N)cc1Cl. The summed E-state index contributed by atoms with van der Waals surface area (Å²) in [4.78, 5) is 0. The standard InChI is InChI=1S/C14H10Cl2N2O/c1-19-14-5-4-11(7-12(14)16)18-13-6-10(15)3-2-9(13)8-17/h2-7,18H,1H3. The van der Waals surface area contributed by atoms with Gasteiger partial charge in [-0.15, -0.1) is 0 Å². The molecule has 0 radical (unpaired) electrons. The van der Waals surface area contributed by atoms with Crippen LogP contribution < -0.4 is 10.1 Å². The summed E-state index contributed by atoms with van der Waals surface area (Å²) in [5, 5.41) is 13.2. The van der Waals surface area contributed by atoms with Gasteiger partial charge in [-0.2, -0.15) is 5.26 Å². The lowest BCUT2D eigenvalue weighted by Crippen LogP contribution is -1.94. The van der Waals surface area contributed by atoms with Gasteiger partial charge in [0.05, 0.1) is 23.4 Å². The van der Waals surface area contributed by atoms with Gasteiger partial charge in [0, 0.05) is 10.7 Å². The van der Waals surface area contributed by atoms with Crippen molar-refractivity contribution >= 4 is 34.6 Å². The number of nitrogens with one attached hydrogen (secondary N) is 1. The van der Waals surface area contributed by atoms with Gasteiger partial charge in [0.25, 0.3) is 0 Å². The fraction of sp³-hybridized carbons (Fsp3) is 0.0714. The Balaban J connectivity index is 2.34. The molecule has 5 heteroatoms. The minimum Gasteiger partial charge on any atom is -0.495 e. The molecule has 0 heterocycles. The Bertz CT molecular complexity index is 650. The first kappa shape index (κ1) is 13.5. The Hall–Kier alpha value is -1.89. The molecular formula is C14H10Cl2N2O. The maximum Gasteiger partial charge on any atom is 0.137 e. The molecule has 2 rings (SSSR count). The highest BCUT2D eigenvalue weighted by atomic mass is 35.5. The molecule has 0 atom stereocenters. The number of halogens is 2. The minimum absolute atomic E-state index is 0.494. The Morgan fingerprint density at radius 1 is 1.16 bits per heavy atom. The van der Waals surface area contributed by atoms with Crippen molar-refractivity contribution in [2.45, 2.75) is 0 Å². The summed E-state index contributed by atoms with van der Waals surface area (Å²) in [5.74, 6) is 0.596. The van der Waals surface area contributed by atoms with Gasteiger partial charge in [-0.3, -0.25) is 0 Å². The van der Waals surface area contributed by atoms with Gasteiger partial charge < -0.3 is 10.1 Å². The largest absolute Gasteiger partial charge is 0.495 e. The number of benzene rings is 2. The van der Waals surface area contributed by atoms with Crippen LogP contribution in [0.5, 0.6) is 5.75 Å². The minimum atomic E-state index is 0.494. The topological polar surface area (TPSA) is 45.0 Å². The van der Waals surface area contributed by atoms with E-state index in [1.807, 2.05) is 6.07 Å². The Kier molecular flexibility index (Phi) is 4.16. The Labute approximate surface area is 121 Å². The number of ether oxygens (including phenoxy) is 1. The van der Waals surface area contributed by atoms with Crippen molar-refractivity contribution in [3.63, 3.8) is 0 Å². The molecule has 0 aromatic heterocycles. The van der Waals surface area contributed by atoms with Crippen LogP contribution in [0.25, 0.3) is 0 Å². The maximum atomic E-state index is 9.04. The third-order valence-corrected chi connectivity index (χ3v) is 3.06. The van der Waals surface area contributed by atoms with E-state index in [4.69, 9.17) is 33.2 Å². The van der Waals surface area contributed by atoms with Gasteiger partial charge >= 0.3 is 0 Å². The summed E-state index contributed by atoms with van der Waals surface area (Å²) in [6.07, 6.45) is 0. The van der Waals surface area contributed by atoms with E-state index in [9.17, 15) is 0 Å². The average Bonchev–Trinajstić information content (AvgIpc) is 2.39. The van der Waals surface area contributed by atoms with E-state index in [-0.39, 0.29) is 0 Å². The predicted octanol–water partition coefficient (Wildman–Crippen LogP) is 4.62. The van der Waals surface area contributed by atoms with E-state index in [1.165, 1.54) is 0 Å². The molecule has 96 valence electrons. The summed E-state index contributed by atoms with van der Waals surface area (Å²) in [6.45, 7) is 0. The summed E-state index contributed by atoms with van der Waals surface area (Å²) >= 11 is 12.0. The lowest BCUT2D eigenvalue weighted by molar-refractivity contribution is 0.415. The summed E-state index contributed by atoms with van der Waals surface area (Å²) in [6, 6.07) is 12.4. The van der Waals surface area contributed by atoms with Gasteiger partial charge in [0.1, 0.15) is 11.8 Å². The van der Waals surface area contributed by atoms with Crippen molar-refractivity contribution < 1.29 is 4.74 Å². The fourth-order valence-corrected chi connectivity index (χ4v) is 2.05. The highest BCUT2D eigenvalue weighted by Gasteiger charge is 2.06. The molecule has 0 aliphatic heterocycles. The lowest BCUT2D eigenvalue weighted by Gasteiger charge is -2.10. The molecule has 0 unspecified atom stereocenters. The van der Waals surface area contributed by atoms with Crippen LogP contribution in [0.15, 0.2) is 36.4 Å². The third-order valence-electron chi connectivity index (χ3n) is 2.53. The molecule has 0 saturated carbocycles. The summed E-state index contributed by atoms with van der Waals surface area (Å²) in [5.41, 5.74) is 1.90. The van der Waals surface area contributed by atoms with Crippen LogP contribution in [0.3, 0.4) is 0 Å².